The summed E-state index contributed by atoms with van der Waals surface area (Å²) in [6.07, 6.45) is 7.34. The van der Waals surface area contributed by atoms with Crippen LogP contribution in [0.15, 0.2) is 36.0 Å². The summed E-state index contributed by atoms with van der Waals surface area (Å²) >= 11 is 2.44. The molecule has 0 nitrogen and oxygen atoms in total. The van der Waals surface area contributed by atoms with Gasteiger partial charge in [0.05, 0.1) is 8.07 Å². The first-order valence-corrected chi connectivity index (χ1v) is 13.1. The van der Waals surface area contributed by atoms with Crippen molar-refractivity contribution < 1.29 is 0 Å². The Bertz CT molecular complexity index is 410. The van der Waals surface area contributed by atoms with Crippen molar-refractivity contribution in [1.29, 1.82) is 0 Å². The topological polar surface area (TPSA) is 0 Å². The number of hydrogen-bond donors (Lipinski definition) is 0. The first-order chi connectivity index (χ1) is 9.91. The van der Waals surface area contributed by atoms with Crippen molar-refractivity contribution in [2.45, 2.75) is 84.0 Å². The van der Waals surface area contributed by atoms with Crippen LogP contribution in [0.4, 0.5) is 0 Å². The molecular weight excluding hydrogens is 395 g/mol. The van der Waals surface area contributed by atoms with Crippen LogP contribution in [-0.4, -0.2) is 12.5 Å². The molecule has 2 heteroatoms. The molecule has 0 bridgehead atoms. The Labute approximate surface area is 154 Å². The lowest BCUT2D eigenvalue weighted by Crippen LogP contribution is -2.41. The molecule has 0 radical (unpaired) electrons. The predicted octanol–water partition coefficient (Wildman–Crippen LogP) is 7.94. The second kappa shape index (κ2) is 9.46. The largest absolute Gasteiger partial charge is 0.100 e. The molecule has 0 saturated heterocycles. The number of rotatable bonds is 9. The van der Waals surface area contributed by atoms with Crippen LogP contribution in [0, 0.1) is 0 Å². The molecule has 0 aromatic carbocycles. The number of halogens is 1. The molecular formula is C20H37ISi. The van der Waals surface area contributed by atoms with Crippen LogP contribution in [0.1, 0.15) is 60.3 Å². The highest BCUT2D eigenvalue weighted by Gasteiger charge is 2.40. The standard InChI is InChI=1S/C20H37ISi/c1-16(2)11-10-12-17(3)13-19(14-18(4)15-21)22(8,9)20(5,6)7/h13,19H,1,4,10-12,14-15H2,2-3,5-9H3/b17-13+/t19-/m1/s1. The molecule has 0 amide bonds. The third-order valence-corrected chi connectivity index (χ3v) is 12.4. The lowest BCUT2D eigenvalue weighted by molar-refractivity contribution is 0.691. The van der Waals surface area contributed by atoms with Gasteiger partial charge in [0.25, 0.3) is 0 Å². The molecule has 128 valence electrons. The minimum atomic E-state index is -1.40. The number of alkyl halides is 1. The van der Waals surface area contributed by atoms with Crippen molar-refractivity contribution in [3.63, 3.8) is 0 Å². The zero-order chi connectivity index (χ0) is 17.6. The Hall–Kier alpha value is 0.167. The normalized spacial score (nSPS) is 14.8. The molecule has 0 aromatic rings. The molecule has 0 spiro atoms. The summed E-state index contributed by atoms with van der Waals surface area (Å²) in [5.74, 6) is 0. The third-order valence-electron chi connectivity index (χ3n) is 5.22. The van der Waals surface area contributed by atoms with E-state index in [1.807, 2.05) is 0 Å². The van der Waals surface area contributed by atoms with Gasteiger partial charge in [-0.25, -0.2) is 0 Å². The van der Waals surface area contributed by atoms with Crippen molar-refractivity contribution >= 4 is 30.7 Å². The zero-order valence-corrected chi connectivity index (χ0v) is 19.1. The van der Waals surface area contributed by atoms with Crippen LogP contribution in [0.25, 0.3) is 0 Å². The highest BCUT2D eigenvalue weighted by atomic mass is 127. The van der Waals surface area contributed by atoms with E-state index in [1.54, 1.807) is 5.57 Å². The van der Waals surface area contributed by atoms with Gasteiger partial charge in [0.2, 0.25) is 0 Å². The van der Waals surface area contributed by atoms with E-state index in [4.69, 9.17) is 0 Å². The van der Waals surface area contributed by atoms with E-state index < -0.39 is 8.07 Å². The average Bonchev–Trinajstić information content (AvgIpc) is 2.35. The quantitative estimate of drug-likeness (QED) is 0.150. The maximum Gasteiger partial charge on any atom is 0.0601 e. The molecule has 0 aliphatic carbocycles. The Morgan fingerprint density at radius 1 is 1.14 bits per heavy atom. The van der Waals surface area contributed by atoms with Gasteiger partial charge in [0.15, 0.2) is 0 Å². The second-order valence-corrected chi connectivity index (χ2v) is 14.9. The van der Waals surface area contributed by atoms with E-state index in [-0.39, 0.29) is 0 Å². The van der Waals surface area contributed by atoms with Crippen molar-refractivity contribution in [2.24, 2.45) is 0 Å². The molecule has 0 aliphatic heterocycles. The van der Waals surface area contributed by atoms with E-state index in [0.717, 1.165) is 17.3 Å². The summed E-state index contributed by atoms with van der Waals surface area (Å²) in [6, 6.07) is 0. The molecule has 1 atom stereocenters. The fourth-order valence-corrected chi connectivity index (χ4v) is 5.46. The molecule has 0 aliphatic rings. The van der Waals surface area contributed by atoms with Gasteiger partial charge in [-0.05, 0) is 50.1 Å². The van der Waals surface area contributed by atoms with Gasteiger partial charge in [0.1, 0.15) is 0 Å². The SMILES string of the molecule is C=C(C)CCC/C(C)=C/[C@H](CC(=C)CI)[Si](C)(C)C(C)(C)C. The zero-order valence-electron chi connectivity index (χ0n) is 16.0. The van der Waals surface area contributed by atoms with Crippen LogP contribution >= 0.6 is 22.6 Å². The van der Waals surface area contributed by atoms with Gasteiger partial charge in [0, 0.05) is 4.43 Å². The van der Waals surface area contributed by atoms with Gasteiger partial charge < -0.3 is 0 Å². The maximum atomic E-state index is 4.28. The Kier molecular flexibility index (Phi) is 9.53. The average molecular weight is 433 g/mol. The Morgan fingerprint density at radius 3 is 2.09 bits per heavy atom. The van der Waals surface area contributed by atoms with E-state index in [1.165, 1.54) is 24.0 Å². The van der Waals surface area contributed by atoms with Gasteiger partial charge in [-0.15, -0.1) is 6.58 Å². The van der Waals surface area contributed by atoms with E-state index in [0.29, 0.717) is 10.6 Å². The molecule has 0 aromatic heterocycles. The summed E-state index contributed by atoms with van der Waals surface area (Å²) in [5.41, 5.74) is 4.94. The minimum Gasteiger partial charge on any atom is -0.100 e. The van der Waals surface area contributed by atoms with Crippen LogP contribution in [0.5, 0.6) is 0 Å². The van der Waals surface area contributed by atoms with Crippen LogP contribution in [0.3, 0.4) is 0 Å². The van der Waals surface area contributed by atoms with Gasteiger partial charge in [-0.3, -0.25) is 0 Å². The Morgan fingerprint density at radius 2 is 1.68 bits per heavy atom. The lowest BCUT2D eigenvalue weighted by Gasteiger charge is -2.43. The molecule has 0 unspecified atom stereocenters. The summed E-state index contributed by atoms with van der Waals surface area (Å²) in [5, 5.41) is 0.414. The number of allylic oxidation sites excluding steroid dienone is 4. The molecule has 0 heterocycles. The summed E-state index contributed by atoms with van der Waals surface area (Å²) in [4.78, 5) is 0. The minimum absolute atomic E-state index is 0.414. The van der Waals surface area contributed by atoms with Crippen molar-refractivity contribution in [2.75, 3.05) is 4.43 Å². The fourth-order valence-electron chi connectivity index (χ4n) is 2.54. The summed E-state index contributed by atoms with van der Waals surface area (Å²) < 4.78 is 1.07. The second-order valence-electron chi connectivity index (χ2n) is 8.49. The van der Waals surface area contributed by atoms with E-state index in [2.05, 4.69) is 89.5 Å². The van der Waals surface area contributed by atoms with Crippen LogP contribution in [-0.2, 0) is 0 Å². The monoisotopic (exact) mass is 432 g/mol. The highest BCUT2D eigenvalue weighted by molar-refractivity contribution is 14.1. The maximum absolute atomic E-state index is 4.28. The summed E-state index contributed by atoms with van der Waals surface area (Å²) in [7, 11) is -1.40. The molecule has 0 rings (SSSR count). The number of hydrogen-bond acceptors (Lipinski definition) is 0. The first-order valence-electron chi connectivity index (χ1n) is 8.46. The van der Waals surface area contributed by atoms with Crippen molar-refractivity contribution in [3.8, 4) is 0 Å². The molecule has 22 heavy (non-hydrogen) atoms. The molecule has 0 N–H and O–H groups in total. The van der Waals surface area contributed by atoms with Gasteiger partial charge in [-0.2, -0.15) is 0 Å². The Balaban J connectivity index is 5.16. The predicted molar refractivity (Wildman–Crippen MR) is 116 cm³/mol. The van der Waals surface area contributed by atoms with Gasteiger partial charge >= 0.3 is 0 Å². The van der Waals surface area contributed by atoms with E-state index in [9.17, 15) is 0 Å². The van der Waals surface area contributed by atoms with Crippen LogP contribution < -0.4 is 0 Å². The van der Waals surface area contributed by atoms with Crippen molar-refractivity contribution in [3.05, 3.63) is 36.0 Å². The van der Waals surface area contributed by atoms with Crippen LogP contribution in [0.2, 0.25) is 23.7 Å². The highest BCUT2D eigenvalue weighted by Crippen LogP contribution is 2.47. The van der Waals surface area contributed by atoms with Gasteiger partial charge in [-0.1, -0.05) is 85.8 Å². The van der Waals surface area contributed by atoms with E-state index >= 15 is 0 Å². The third kappa shape index (κ3) is 7.63. The lowest BCUT2D eigenvalue weighted by atomic mass is 10.0. The fraction of sp³-hybridized carbons (Fsp3) is 0.700. The smallest absolute Gasteiger partial charge is 0.0601 e. The van der Waals surface area contributed by atoms with Crippen molar-refractivity contribution in [1.82, 2.24) is 0 Å². The first kappa shape index (κ1) is 22.2. The molecule has 0 fully saturated rings. The molecule has 0 saturated carbocycles. The summed E-state index contributed by atoms with van der Waals surface area (Å²) in [6.45, 7) is 25.1.